The summed E-state index contributed by atoms with van der Waals surface area (Å²) < 4.78 is 0. The monoisotopic (exact) mass is 298 g/mol. The molecule has 22 heavy (non-hydrogen) atoms. The number of nitrogens with zero attached hydrogens (tertiary/aromatic N) is 1. The van der Waals surface area contributed by atoms with Crippen molar-refractivity contribution < 1.29 is 4.79 Å². The van der Waals surface area contributed by atoms with Gasteiger partial charge in [-0.3, -0.25) is 9.78 Å². The maximum Gasteiger partial charge on any atom is 0.253 e. The van der Waals surface area contributed by atoms with Gasteiger partial charge in [0, 0.05) is 18.4 Å². The predicted octanol–water partition coefficient (Wildman–Crippen LogP) is 2.20. The van der Waals surface area contributed by atoms with Crippen molar-refractivity contribution in [3.8, 4) is 0 Å². The second-order valence-electron chi connectivity index (χ2n) is 6.84. The summed E-state index contributed by atoms with van der Waals surface area (Å²) in [6.07, 6.45) is 9.56. The predicted molar refractivity (Wildman–Crippen MR) is 85.4 cm³/mol. The lowest BCUT2D eigenvalue weighted by atomic mass is 9.64. The third-order valence-corrected chi connectivity index (χ3v) is 5.74. The maximum absolute atomic E-state index is 12.6. The summed E-state index contributed by atoms with van der Waals surface area (Å²) in [5.74, 6) is 0.382. The molecule has 2 aromatic heterocycles. The number of aromatic nitrogens is 2. The van der Waals surface area contributed by atoms with Crippen molar-refractivity contribution in [1.82, 2.24) is 15.3 Å². The van der Waals surface area contributed by atoms with E-state index in [4.69, 9.17) is 5.73 Å². The van der Waals surface area contributed by atoms with Gasteiger partial charge in [0.2, 0.25) is 0 Å². The first-order valence-electron chi connectivity index (χ1n) is 8.16. The number of carbonyl (C=O) groups is 1. The quantitative estimate of drug-likeness (QED) is 0.812. The molecule has 2 aromatic rings. The van der Waals surface area contributed by atoms with E-state index in [0.717, 1.165) is 17.5 Å². The summed E-state index contributed by atoms with van der Waals surface area (Å²) in [6.45, 7) is 0.653. The Balaban J connectivity index is 1.57. The van der Waals surface area contributed by atoms with Crippen LogP contribution in [0.15, 0.2) is 24.5 Å². The van der Waals surface area contributed by atoms with E-state index in [-0.39, 0.29) is 11.9 Å². The van der Waals surface area contributed by atoms with Crippen LogP contribution < -0.4 is 11.1 Å². The van der Waals surface area contributed by atoms with Crippen LogP contribution in [0.2, 0.25) is 0 Å². The number of hydrogen-bond acceptors (Lipinski definition) is 3. The van der Waals surface area contributed by atoms with E-state index >= 15 is 0 Å². The SMILES string of the molecule is NCC1CCC2(CCC2)C1NC(=O)c1cnc2cc[nH]c2c1. The average molecular weight is 298 g/mol. The number of aromatic amines is 1. The van der Waals surface area contributed by atoms with Gasteiger partial charge < -0.3 is 16.0 Å². The van der Waals surface area contributed by atoms with Crippen LogP contribution in [0.25, 0.3) is 11.0 Å². The summed E-state index contributed by atoms with van der Waals surface area (Å²) in [5.41, 5.74) is 8.64. The zero-order valence-electron chi connectivity index (χ0n) is 12.6. The largest absolute Gasteiger partial charge is 0.360 e. The molecule has 2 fully saturated rings. The molecule has 2 aliphatic carbocycles. The van der Waals surface area contributed by atoms with Crippen LogP contribution in [0.1, 0.15) is 42.5 Å². The molecule has 1 amide bonds. The Morgan fingerprint density at radius 3 is 3.05 bits per heavy atom. The van der Waals surface area contributed by atoms with E-state index in [1.165, 1.54) is 25.7 Å². The van der Waals surface area contributed by atoms with Crippen LogP contribution >= 0.6 is 0 Å². The highest BCUT2D eigenvalue weighted by atomic mass is 16.1. The molecular weight excluding hydrogens is 276 g/mol. The number of pyridine rings is 1. The van der Waals surface area contributed by atoms with Crippen molar-refractivity contribution in [3.05, 3.63) is 30.1 Å². The highest BCUT2D eigenvalue weighted by Gasteiger charge is 2.51. The molecule has 1 spiro atoms. The zero-order valence-corrected chi connectivity index (χ0v) is 12.6. The van der Waals surface area contributed by atoms with Crippen LogP contribution in [-0.2, 0) is 0 Å². The van der Waals surface area contributed by atoms with Gasteiger partial charge in [0.15, 0.2) is 0 Å². The Bertz CT molecular complexity index is 704. The number of nitrogens with two attached hydrogens (primary N) is 1. The van der Waals surface area contributed by atoms with Gasteiger partial charge in [-0.15, -0.1) is 0 Å². The number of amides is 1. The second kappa shape index (κ2) is 5.09. The van der Waals surface area contributed by atoms with E-state index in [9.17, 15) is 4.79 Å². The highest BCUT2D eigenvalue weighted by Crippen LogP contribution is 2.55. The number of carbonyl (C=O) groups excluding carboxylic acids is 1. The van der Waals surface area contributed by atoms with Gasteiger partial charge in [0.05, 0.1) is 16.6 Å². The molecule has 4 N–H and O–H groups in total. The van der Waals surface area contributed by atoms with Gasteiger partial charge in [0.25, 0.3) is 5.91 Å². The van der Waals surface area contributed by atoms with Crippen molar-refractivity contribution >= 4 is 16.9 Å². The molecule has 0 radical (unpaired) electrons. The minimum absolute atomic E-state index is 0.0272. The van der Waals surface area contributed by atoms with Crippen molar-refractivity contribution in [2.75, 3.05) is 6.54 Å². The number of rotatable bonds is 3. The maximum atomic E-state index is 12.6. The van der Waals surface area contributed by atoms with Gasteiger partial charge in [0.1, 0.15) is 0 Å². The fourth-order valence-corrected chi connectivity index (χ4v) is 4.29. The molecule has 2 heterocycles. The van der Waals surface area contributed by atoms with E-state index in [0.29, 0.717) is 23.4 Å². The Morgan fingerprint density at radius 1 is 1.45 bits per heavy atom. The van der Waals surface area contributed by atoms with E-state index in [1.807, 2.05) is 18.3 Å². The van der Waals surface area contributed by atoms with Crippen LogP contribution in [0.4, 0.5) is 0 Å². The molecule has 5 nitrogen and oxygen atoms in total. The fourth-order valence-electron chi connectivity index (χ4n) is 4.29. The normalized spacial score (nSPS) is 26.2. The lowest BCUT2D eigenvalue weighted by Gasteiger charge is -2.45. The summed E-state index contributed by atoms with van der Waals surface area (Å²) in [6, 6.07) is 4.00. The molecule has 0 bridgehead atoms. The van der Waals surface area contributed by atoms with Crippen LogP contribution in [0.5, 0.6) is 0 Å². The topological polar surface area (TPSA) is 83.8 Å². The first kappa shape index (κ1) is 13.8. The summed E-state index contributed by atoms with van der Waals surface area (Å²) in [7, 11) is 0. The summed E-state index contributed by atoms with van der Waals surface area (Å²) in [5, 5.41) is 3.27. The first-order chi connectivity index (χ1) is 10.7. The fraction of sp³-hybridized carbons (Fsp3) is 0.529. The Morgan fingerprint density at radius 2 is 2.32 bits per heavy atom. The van der Waals surface area contributed by atoms with Gasteiger partial charge in [-0.25, -0.2) is 0 Å². The molecule has 2 unspecified atom stereocenters. The minimum atomic E-state index is -0.0272. The van der Waals surface area contributed by atoms with Crippen molar-refractivity contribution in [2.24, 2.45) is 17.1 Å². The third kappa shape index (κ3) is 2.03. The molecule has 5 heteroatoms. The number of H-pyrrole nitrogens is 1. The van der Waals surface area contributed by atoms with Crippen molar-refractivity contribution in [2.45, 2.75) is 38.1 Å². The molecule has 4 rings (SSSR count). The lowest BCUT2D eigenvalue weighted by molar-refractivity contribution is 0.0692. The van der Waals surface area contributed by atoms with Gasteiger partial charge in [-0.2, -0.15) is 0 Å². The van der Waals surface area contributed by atoms with E-state index in [2.05, 4.69) is 15.3 Å². The molecule has 2 atom stereocenters. The van der Waals surface area contributed by atoms with Crippen LogP contribution in [0, 0.1) is 11.3 Å². The van der Waals surface area contributed by atoms with Crippen LogP contribution in [0.3, 0.4) is 0 Å². The smallest absolute Gasteiger partial charge is 0.253 e. The Labute approximate surface area is 129 Å². The standard InChI is InChI=1S/C17H22N4O/c18-9-11-2-6-17(4-1-5-17)15(11)21-16(22)12-8-14-13(20-10-12)3-7-19-14/h3,7-8,10-11,15,19H,1-2,4-6,9,18H2,(H,21,22). The molecule has 0 saturated heterocycles. The number of hydrogen-bond donors (Lipinski definition) is 3. The number of nitrogens with one attached hydrogen (secondary N) is 2. The van der Waals surface area contributed by atoms with Gasteiger partial charge in [-0.1, -0.05) is 6.42 Å². The number of fused-ring (bicyclic) bond motifs is 1. The molecular formula is C17H22N4O. The molecule has 0 aliphatic heterocycles. The highest BCUT2D eigenvalue weighted by molar-refractivity contribution is 5.96. The summed E-state index contributed by atoms with van der Waals surface area (Å²) in [4.78, 5) is 20.1. The molecule has 116 valence electrons. The molecule has 2 aliphatic rings. The third-order valence-electron chi connectivity index (χ3n) is 5.74. The first-order valence-corrected chi connectivity index (χ1v) is 8.16. The van der Waals surface area contributed by atoms with Gasteiger partial charge >= 0.3 is 0 Å². The van der Waals surface area contributed by atoms with Gasteiger partial charge in [-0.05, 0) is 55.7 Å². The summed E-state index contributed by atoms with van der Waals surface area (Å²) >= 11 is 0. The average Bonchev–Trinajstić information content (AvgIpc) is 3.09. The Kier molecular flexibility index (Phi) is 3.18. The van der Waals surface area contributed by atoms with Crippen LogP contribution in [-0.4, -0.2) is 28.5 Å². The van der Waals surface area contributed by atoms with E-state index in [1.54, 1.807) is 6.20 Å². The molecule has 0 aromatic carbocycles. The van der Waals surface area contributed by atoms with Crippen molar-refractivity contribution in [1.29, 1.82) is 0 Å². The van der Waals surface area contributed by atoms with Crippen molar-refractivity contribution in [3.63, 3.8) is 0 Å². The zero-order chi connectivity index (χ0) is 15.2. The minimum Gasteiger partial charge on any atom is -0.360 e. The Hall–Kier alpha value is -1.88. The lowest BCUT2D eigenvalue weighted by Crippen LogP contribution is -2.52. The molecule has 2 saturated carbocycles. The van der Waals surface area contributed by atoms with E-state index < -0.39 is 0 Å². The second-order valence-corrected chi connectivity index (χ2v) is 6.84.